The van der Waals surface area contributed by atoms with Gasteiger partial charge in [0.15, 0.2) is 21.4 Å². The normalized spacial score (nSPS) is 16.9. The van der Waals surface area contributed by atoms with Crippen LogP contribution < -0.4 is 21.1 Å². The molecule has 0 aromatic heterocycles. The first-order chi connectivity index (χ1) is 21.9. The molecule has 2 fully saturated rings. The largest absolute Gasteiger partial charge is 0.491 e. The summed E-state index contributed by atoms with van der Waals surface area (Å²) in [4.78, 5) is 39.9. The third-order valence-electron chi connectivity index (χ3n) is 7.99. The van der Waals surface area contributed by atoms with Gasteiger partial charge in [-0.15, -0.1) is 0 Å². The second-order valence-electron chi connectivity index (χ2n) is 11.1. The Kier molecular flexibility index (Phi) is 9.47. The number of nitrogens with zero attached hydrogens (tertiary/aromatic N) is 1. The molecule has 1 unspecified atom stereocenters. The van der Waals surface area contributed by atoms with Crippen molar-refractivity contribution in [3.05, 3.63) is 82.9 Å². The zero-order valence-corrected chi connectivity index (χ0v) is 26.0. The molecule has 244 valence electrons. The minimum atomic E-state index is -3.74. The van der Waals surface area contributed by atoms with Gasteiger partial charge >= 0.3 is 6.09 Å². The molecule has 3 aromatic carbocycles. The van der Waals surface area contributed by atoms with Crippen molar-refractivity contribution >= 4 is 39.1 Å². The standard InChI is InChI=1S/C32H34F2N4O7S/c1-3-45-27-16-18(6-12-24(27)34)29(37-25-15-19(30(35)39)7-11-23(25)33)31(40)38-14-4-5-26(38)22-17-20(36-32(41)44-2)8-13-28(22)46(42,43)21-9-10-21/h6-8,11-13,15-17,21,26,29,37H,3-5,9-10,14H2,1-2H3,(H2,35,39)(H,36,41)/t26?,29-/m1/s1. The van der Waals surface area contributed by atoms with E-state index < -0.39 is 56.7 Å². The highest BCUT2D eigenvalue weighted by molar-refractivity contribution is 7.92. The number of carbonyl (C=O) groups excluding carboxylic acids is 3. The summed E-state index contributed by atoms with van der Waals surface area (Å²) in [7, 11) is -2.54. The first kappa shape index (κ1) is 32.7. The van der Waals surface area contributed by atoms with Gasteiger partial charge in [-0.1, -0.05) is 6.07 Å². The summed E-state index contributed by atoms with van der Waals surface area (Å²) in [5, 5.41) is 4.88. The molecule has 3 aromatic rings. The van der Waals surface area contributed by atoms with Crippen molar-refractivity contribution in [2.45, 2.75) is 54.8 Å². The molecule has 3 amide bonds. The van der Waals surface area contributed by atoms with Crippen molar-refractivity contribution in [3.63, 3.8) is 0 Å². The van der Waals surface area contributed by atoms with Crippen molar-refractivity contribution in [2.24, 2.45) is 5.73 Å². The van der Waals surface area contributed by atoms with Gasteiger partial charge in [0.2, 0.25) is 11.8 Å². The second-order valence-corrected chi connectivity index (χ2v) is 13.3. The topological polar surface area (TPSA) is 157 Å². The number of benzene rings is 3. The van der Waals surface area contributed by atoms with E-state index in [0.29, 0.717) is 31.2 Å². The summed E-state index contributed by atoms with van der Waals surface area (Å²) in [6, 6.07) is 9.58. The number of rotatable bonds is 11. The number of halogens is 2. The van der Waals surface area contributed by atoms with Gasteiger partial charge in [-0.3, -0.25) is 14.9 Å². The number of ether oxygens (including phenoxy) is 2. The number of nitrogens with one attached hydrogen (secondary N) is 2. The minimum Gasteiger partial charge on any atom is -0.491 e. The molecular formula is C32H34F2N4O7S. The molecule has 1 saturated heterocycles. The Balaban J connectivity index is 1.59. The van der Waals surface area contributed by atoms with E-state index in [1.807, 2.05) is 0 Å². The molecule has 11 nitrogen and oxygen atoms in total. The molecule has 1 saturated carbocycles. The fourth-order valence-electron chi connectivity index (χ4n) is 5.59. The lowest BCUT2D eigenvalue weighted by molar-refractivity contribution is -0.133. The summed E-state index contributed by atoms with van der Waals surface area (Å²) in [5.74, 6) is -2.93. The van der Waals surface area contributed by atoms with E-state index in [-0.39, 0.29) is 46.3 Å². The van der Waals surface area contributed by atoms with E-state index in [0.717, 1.165) is 12.1 Å². The van der Waals surface area contributed by atoms with Crippen LogP contribution in [0.15, 0.2) is 59.5 Å². The molecular weight excluding hydrogens is 622 g/mol. The van der Waals surface area contributed by atoms with Gasteiger partial charge in [0.1, 0.15) is 11.9 Å². The van der Waals surface area contributed by atoms with E-state index in [4.69, 9.17) is 15.2 Å². The number of likely N-dealkylation sites (tertiary alicyclic amines) is 1. The van der Waals surface area contributed by atoms with Gasteiger partial charge in [-0.05, 0) is 92.3 Å². The maximum atomic E-state index is 15.1. The summed E-state index contributed by atoms with van der Waals surface area (Å²) in [6.07, 6.45) is 1.19. The van der Waals surface area contributed by atoms with Crippen molar-refractivity contribution in [1.29, 1.82) is 0 Å². The third kappa shape index (κ3) is 6.76. The van der Waals surface area contributed by atoms with Crippen LogP contribution in [0.5, 0.6) is 5.75 Å². The van der Waals surface area contributed by atoms with E-state index in [1.54, 1.807) is 6.92 Å². The molecule has 0 bridgehead atoms. The lowest BCUT2D eigenvalue weighted by atomic mass is 10.0. The highest BCUT2D eigenvalue weighted by atomic mass is 32.2. The number of hydrogen-bond donors (Lipinski definition) is 3. The Bertz CT molecular complexity index is 1780. The van der Waals surface area contributed by atoms with Crippen LogP contribution in [-0.2, 0) is 19.4 Å². The number of nitrogens with two attached hydrogens (primary N) is 1. The number of methoxy groups -OCH3 is 1. The van der Waals surface area contributed by atoms with Crippen LogP contribution in [-0.4, -0.2) is 56.7 Å². The third-order valence-corrected chi connectivity index (χ3v) is 10.3. The van der Waals surface area contributed by atoms with Gasteiger partial charge < -0.3 is 25.4 Å². The number of primary amides is 1. The van der Waals surface area contributed by atoms with Gasteiger partial charge in [-0.2, -0.15) is 0 Å². The van der Waals surface area contributed by atoms with Gasteiger partial charge in [0.25, 0.3) is 0 Å². The van der Waals surface area contributed by atoms with Crippen LogP contribution in [0.1, 0.15) is 66.2 Å². The Hall–Kier alpha value is -4.72. The Morgan fingerprint density at radius 3 is 2.43 bits per heavy atom. The average Bonchev–Trinajstić information content (AvgIpc) is 3.79. The summed E-state index contributed by atoms with van der Waals surface area (Å²) < 4.78 is 66.8. The second kappa shape index (κ2) is 13.3. The van der Waals surface area contributed by atoms with Crippen LogP contribution in [0.3, 0.4) is 0 Å². The first-order valence-corrected chi connectivity index (χ1v) is 16.3. The number of sulfone groups is 1. The molecule has 1 aliphatic carbocycles. The van der Waals surface area contributed by atoms with Gasteiger partial charge in [0.05, 0.1) is 35.6 Å². The number of anilines is 2. The maximum Gasteiger partial charge on any atom is 0.411 e. The Morgan fingerprint density at radius 2 is 1.76 bits per heavy atom. The van der Waals surface area contributed by atoms with E-state index in [2.05, 4.69) is 10.6 Å². The average molecular weight is 657 g/mol. The summed E-state index contributed by atoms with van der Waals surface area (Å²) >= 11 is 0. The van der Waals surface area contributed by atoms with Gasteiger partial charge in [-0.25, -0.2) is 22.0 Å². The van der Waals surface area contributed by atoms with Crippen LogP contribution in [0.2, 0.25) is 0 Å². The fourth-order valence-corrected chi connectivity index (χ4v) is 7.49. The summed E-state index contributed by atoms with van der Waals surface area (Å²) in [5.41, 5.74) is 6.03. The molecule has 0 spiro atoms. The summed E-state index contributed by atoms with van der Waals surface area (Å²) in [6.45, 7) is 2.04. The molecule has 2 aliphatic rings. The Labute approximate surface area is 265 Å². The van der Waals surface area contributed by atoms with E-state index >= 15 is 4.39 Å². The number of hydrogen-bond acceptors (Lipinski definition) is 8. The molecule has 1 heterocycles. The van der Waals surface area contributed by atoms with E-state index in [1.165, 1.54) is 54.5 Å². The molecule has 2 atom stereocenters. The van der Waals surface area contributed by atoms with Crippen molar-refractivity contribution < 1.29 is 41.1 Å². The van der Waals surface area contributed by atoms with Crippen molar-refractivity contribution in [2.75, 3.05) is 30.9 Å². The molecule has 1 aliphatic heterocycles. The van der Waals surface area contributed by atoms with Crippen molar-refractivity contribution in [3.8, 4) is 5.75 Å². The highest BCUT2D eigenvalue weighted by Gasteiger charge is 2.42. The molecule has 0 radical (unpaired) electrons. The molecule has 14 heteroatoms. The van der Waals surface area contributed by atoms with Crippen LogP contribution in [0.4, 0.5) is 25.0 Å². The Morgan fingerprint density at radius 1 is 1.02 bits per heavy atom. The quantitative estimate of drug-likeness (QED) is 0.258. The van der Waals surface area contributed by atoms with Crippen LogP contribution >= 0.6 is 0 Å². The first-order valence-electron chi connectivity index (χ1n) is 14.8. The zero-order valence-electron chi connectivity index (χ0n) is 25.2. The van der Waals surface area contributed by atoms with Crippen molar-refractivity contribution in [1.82, 2.24) is 4.90 Å². The lowest BCUT2D eigenvalue weighted by Gasteiger charge is -2.31. The zero-order chi connectivity index (χ0) is 33.2. The predicted octanol–water partition coefficient (Wildman–Crippen LogP) is 5.09. The van der Waals surface area contributed by atoms with Crippen LogP contribution in [0, 0.1) is 11.6 Å². The van der Waals surface area contributed by atoms with Gasteiger partial charge in [0, 0.05) is 17.8 Å². The smallest absolute Gasteiger partial charge is 0.411 e. The predicted molar refractivity (Wildman–Crippen MR) is 165 cm³/mol. The number of carbonyl (C=O) groups is 3. The molecule has 5 rings (SSSR count). The molecule has 4 N–H and O–H groups in total. The van der Waals surface area contributed by atoms with Crippen LogP contribution in [0.25, 0.3) is 0 Å². The SMILES string of the molecule is CCOc1cc([C@@H](Nc2cc(C(N)=O)ccc2F)C(=O)N2CCCC2c2cc(NC(=O)OC)ccc2S(=O)(=O)C2CC2)ccc1F. The number of amides is 3. The molecule has 46 heavy (non-hydrogen) atoms. The highest BCUT2D eigenvalue weighted by Crippen LogP contribution is 2.43. The van der Waals surface area contributed by atoms with E-state index in [9.17, 15) is 27.2 Å². The minimum absolute atomic E-state index is 0.00638. The maximum absolute atomic E-state index is 15.1. The fraction of sp³-hybridized carbons (Fsp3) is 0.344. The lowest BCUT2D eigenvalue weighted by Crippen LogP contribution is -2.38. The monoisotopic (exact) mass is 656 g/mol.